The van der Waals surface area contributed by atoms with Crippen molar-refractivity contribution in [1.29, 1.82) is 5.41 Å². The number of ether oxygens (including phenoxy) is 2. The number of hydrogen-bond donors (Lipinski definition) is 1. The van der Waals surface area contributed by atoms with Crippen LogP contribution >= 0.6 is 0 Å². The average Bonchev–Trinajstić information content (AvgIpc) is 2.17. The highest BCUT2D eigenvalue weighted by atomic mass is 16.5. The van der Waals surface area contributed by atoms with Gasteiger partial charge in [-0.2, -0.15) is 9.97 Å². The molecule has 1 aromatic heterocycles. The molecule has 0 bridgehead atoms. The van der Waals surface area contributed by atoms with Gasteiger partial charge in [-0.3, -0.25) is 0 Å². The number of methoxy groups -OCH3 is 2. The molecule has 1 rings (SSSR count). The van der Waals surface area contributed by atoms with Crippen LogP contribution in [0, 0.1) is 5.41 Å². The Kier molecular flexibility index (Phi) is 2.88. The van der Waals surface area contributed by atoms with Crippen molar-refractivity contribution in [3.05, 3.63) is 0 Å². The minimum absolute atomic E-state index is 0.0266. The van der Waals surface area contributed by atoms with Crippen molar-refractivity contribution in [3.8, 4) is 12.0 Å². The molecule has 7 heteroatoms. The molecule has 0 aliphatic rings. The highest BCUT2D eigenvalue weighted by Gasteiger charge is 2.04. The van der Waals surface area contributed by atoms with Crippen LogP contribution in [-0.2, 0) is 0 Å². The molecule has 0 aromatic carbocycles. The molecule has 0 fully saturated rings. The van der Waals surface area contributed by atoms with Crippen LogP contribution in [0.5, 0.6) is 12.0 Å². The molecule has 1 aromatic rings. The SMILES string of the molecule is COc1nc(N=C=N)nc(OC)n1. The molecule has 0 atom stereocenters. The van der Waals surface area contributed by atoms with Crippen LogP contribution < -0.4 is 9.47 Å². The third-order valence-electron chi connectivity index (χ3n) is 1.10. The van der Waals surface area contributed by atoms with E-state index >= 15 is 0 Å². The van der Waals surface area contributed by atoms with E-state index in [1.807, 2.05) is 0 Å². The summed E-state index contributed by atoms with van der Waals surface area (Å²) < 4.78 is 9.50. The van der Waals surface area contributed by atoms with Gasteiger partial charge in [0, 0.05) is 0 Å². The summed E-state index contributed by atoms with van der Waals surface area (Å²) in [4.78, 5) is 14.6. The molecule has 0 aliphatic carbocycles. The molecular formula is C6H7N5O2. The summed E-state index contributed by atoms with van der Waals surface area (Å²) in [6.07, 6.45) is 0. The van der Waals surface area contributed by atoms with Crippen LogP contribution in [0.3, 0.4) is 0 Å². The molecule has 0 saturated heterocycles. The lowest BCUT2D eigenvalue weighted by Gasteiger charge is -2.00. The van der Waals surface area contributed by atoms with E-state index < -0.39 is 0 Å². The average molecular weight is 181 g/mol. The lowest BCUT2D eigenvalue weighted by atomic mass is 10.9. The third-order valence-corrected chi connectivity index (χ3v) is 1.10. The molecule has 7 nitrogen and oxygen atoms in total. The summed E-state index contributed by atoms with van der Waals surface area (Å²) in [6, 6.07) is 1.97. The van der Waals surface area contributed by atoms with Gasteiger partial charge in [-0.15, -0.1) is 9.98 Å². The highest BCUT2D eigenvalue weighted by Crippen LogP contribution is 2.13. The van der Waals surface area contributed by atoms with Crippen molar-refractivity contribution in [2.45, 2.75) is 0 Å². The number of aliphatic imine (C=N–C) groups is 1. The van der Waals surface area contributed by atoms with Gasteiger partial charge in [-0.1, -0.05) is 0 Å². The first kappa shape index (κ1) is 9.08. The normalized spacial score (nSPS) is 8.77. The van der Waals surface area contributed by atoms with Crippen molar-refractivity contribution in [3.63, 3.8) is 0 Å². The largest absolute Gasteiger partial charge is 0.467 e. The van der Waals surface area contributed by atoms with Crippen molar-refractivity contribution in [1.82, 2.24) is 15.0 Å². The van der Waals surface area contributed by atoms with E-state index in [1.54, 1.807) is 6.01 Å². The second-order valence-corrected chi connectivity index (χ2v) is 1.83. The number of nitrogens with one attached hydrogen (secondary N) is 1. The molecule has 1 heterocycles. The molecule has 1 N–H and O–H groups in total. The fourth-order valence-corrected chi connectivity index (χ4v) is 0.610. The molecule has 0 unspecified atom stereocenters. The third kappa shape index (κ3) is 2.21. The Morgan fingerprint density at radius 2 is 1.69 bits per heavy atom. The number of rotatable bonds is 3. The van der Waals surface area contributed by atoms with E-state index in [-0.39, 0.29) is 18.0 Å². The van der Waals surface area contributed by atoms with Crippen molar-refractivity contribution >= 4 is 12.0 Å². The Hall–Kier alpha value is -2.01. The van der Waals surface area contributed by atoms with Gasteiger partial charge < -0.3 is 9.47 Å². The Morgan fingerprint density at radius 3 is 2.08 bits per heavy atom. The fraction of sp³-hybridized carbons (Fsp3) is 0.333. The Bertz CT molecular complexity index is 325. The van der Waals surface area contributed by atoms with E-state index in [1.165, 1.54) is 14.2 Å². The minimum atomic E-state index is 0.0266. The van der Waals surface area contributed by atoms with Crippen LogP contribution in [0.4, 0.5) is 5.95 Å². The van der Waals surface area contributed by atoms with E-state index in [4.69, 9.17) is 14.9 Å². The first-order chi connectivity index (χ1) is 6.30. The quantitative estimate of drug-likeness (QED) is 0.675. The molecule has 0 aliphatic heterocycles. The van der Waals surface area contributed by atoms with Crippen LogP contribution in [0.15, 0.2) is 4.99 Å². The molecule has 0 saturated carbocycles. The lowest BCUT2D eigenvalue weighted by Crippen LogP contribution is -1.97. The van der Waals surface area contributed by atoms with E-state index in [0.717, 1.165) is 0 Å². The lowest BCUT2D eigenvalue weighted by molar-refractivity contribution is 0.341. The van der Waals surface area contributed by atoms with Crippen LogP contribution in [0.25, 0.3) is 0 Å². The smallest absolute Gasteiger partial charge is 0.324 e. The highest BCUT2D eigenvalue weighted by molar-refractivity contribution is 5.43. The summed E-state index contributed by atoms with van der Waals surface area (Å²) in [5.41, 5.74) is 0. The molecule has 0 spiro atoms. The molecular weight excluding hydrogens is 174 g/mol. The molecule has 68 valence electrons. The topological polar surface area (TPSA) is 93.3 Å². The van der Waals surface area contributed by atoms with Gasteiger partial charge in [0.2, 0.25) is 0 Å². The summed E-state index contributed by atoms with van der Waals surface area (Å²) in [5.74, 6) is 0.0266. The summed E-state index contributed by atoms with van der Waals surface area (Å²) in [5, 5.41) is 6.60. The fourth-order valence-electron chi connectivity index (χ4n) is 0.610. The van der Waals surface area contributed by atoms with Gasteiger partial charge in [-0.05, 0) is 0 Å². The summed E-state index contributed by atoms with van der Waals surface area (Å²) in [7, 11) is 2.82. The van der Waals surface area contributed by atoms with Gasteiger partial charge in [0.15, 0.2) is 0 Å². The van der Waals surface area contributed by atoms with Crippen LogP contribution in [0.2, 0.25) is 0 Å². The summed E-state index contributed by atoms with van der Waals surface area (Å²) >= 11 is 0. The number of hydrogen-bond acceptors (Lipinski definition) is 7. The molecule has 13 heavy (non-hydrogen) atoms. The van der Waals surface area contributed by atoms with Crippen LogP contribution in [0.1, 0.15) is 0 Å². The standard InChI is InChI=1S/C6H7N5O2/c1-12-5-9-4(8-3-7)10-6(11-5)13-2/h7H,1-2H3. The maximum absolute atomic E-state index is 6.60. The number of nitrogens with zero attached hydrogens (tertiary/aromatic N) is 4. The van der Waals surface area contributed by atoms with Crippen molar-refractivity contribution in [2.75, 3.05) is 14.2 Å². The van der Waals surface area contributed by atoms with Gasteiger partial charge in [0.25, 0.3) is 5.95 Å². The maximum atomic E-state index is 6.60. The minimum Gasteiger partial charge on any atom is -0.467 e. The van der Waals surface area contributed by atoms with E-state index in [2.05, 4.69) is 19.9 Å². The Morgan fingerprint density at radius 1 is 1.15 bits per heavy atom. The predicted molar refractivity (Wildman–Crippen MR) is 42.7 cm³/mol. The predicted octanol–water partition coefficient (Wildman–Crippen LogP) is 0.273. The Balaban J connectivity index is 3.14. The van der Waals surface area contributed by atoms with Gasteiger partial charge >= 0.3 is 12.0 Å². The van der Waals surface area contributed by atoms with Crippen molar-refractivity contribution < 1.29 is 9.47 Å². The zero-order chi connectivity index (χ0) is 9.68. The molecule has 0 amide bonds. The second-order valence-electron chi connectivity index (χ2n) is 1.83. The van der Waals surface area contributed by atoms with Crippen LogP contribution in [-0.4, -0.2) is 35.2 Å². The zero-order valence-corrected chi connectivity index (χ0v) is 7.11. The number of aromatic nitrogens is 3. The molecule has 0 radical (unpaired) electrons. The van der Waals surface area contributed by atoms with E-state index in [9.17, 15) is 0 Å². The van der Waals surface area contributed by atoms with Gasteiger partial charge in [-0.25, -0.2) is 5.41 Å². The Labute approximate surface area is 74.0 Å². The zero-order valence-electron chi connectivity index (χ0n) is 7.11. The van der Waals surface area contributed by atoms with E-state index in [0.29, 0.717) is 0 Å². The first-order valence-electron chi connectivity index (χ1n) is 3.26. The monoisotopic (exact) mass is 181 g/mol. The van der Waals surface area contributed by atoms with Gasteiger partial charge in [0.05, 0.1) is 20.2 Å². The maximum Gasteiger partial charge on any atom is 0.324 e. The van der Waals surface area contributed by atoms with Gasteiger partial charge in [0.1, 0.15) is 0 Å². The summed E-state index contributed by atoms with van der Waals surface area (Å²) in [6.45, 7) is 0. The second kappa shape index (κ2) is 4.13. The first-order valence-corrected chi connectivity index (χ1v) is 3.26. The van der Waals surface area contributed by atoms with Crippen molar-refractivity contribution in [2.24, 2.45) is 4.99 Å².